The maximum atomic E-state index is 2.71. The predicted octanol–water partition coefficient (Wildman–Crippen LogP) is 12.1. The van der Waals surface area contributed by atoms with Crippen molar-refractivity contribution in [1.82, 2.24) is 0 Å². The van der Waals surface area contributed by atoms with Gasteiger partial charge >= 0.3 is 349 Å². The molecule has 0 aromatic heterocycles. The molecule has 0 spiro atoms. The summed E-state index contributed by atoms with van der Waals surface area (Å²) in [6.45, 7) is 9.38. The van der Waals surface area contributed by atoms with Crippen molar-refractivity contribution in [3.05, 3.63) is 172 Å². The van der Waals surface area contributed by atoms with Crippen LogP contribution in [0.5, 0.6) is 0 Å². The Bertz CT molecular complexity index is 2360. The van der Waals surface area contributed by atoms with Gasteiger partial charge in [0, 0.05) is 0 Å². The number of fused-ring (bicyclic) bond motifs is 5. The summed E-state index contributed by atoms with van der Waals surface area (Å²) in [6.07, 6.45) is 14.9. The molecule has 6 aromatic carbocycles. The summed E-state index contributed by atoms with van der Waals surface area (Å²) >= 11 is -2.84. The molecule has 0 bridgehead atoms. The summed E-state index contributed by atoms with van der Waals surface area (Å²) in [4.78, 5) is 0. The molecule has 0 saturated heterocycles. The second-order valence-electron chi connectivity index (χ2n) is 16.3. The van der Waals surface area contributed by atoms with E-state index in [0.29, 0.717) is 7.25 Å². The van der Waals surface area contributed by atoms with Gasteiger partial charge in [-0.15, -0.1) is 0 Å². The standard InChI is InChI=1S/2C21H23.C12H9Si.Zr/c2*1-3-5-9-16-14-18-11-8-13-20(21(18)15-16)19-12-7-6-10-17(19)4-2;1-3-7-11-9(5-1)10-6-2-4-8-12(10)13-11;/h2*6-8,10-15H,3-5,9H2,1-2H3;1-7H,13H2;. The van der Waals surface area contributed by atoms with Crippen molar-refractivity contribution in [2.75, 3.05) is 0 Å². The van der Waals surface area contributed by atoms with Gasteiger partial charge < -0.3 is 0 Å². The summed E-state index contributed by atoms with van der Waals surface area (Å²) in [5.41, 5.74) is 21.4. The van der Waals surface area contributed by atoms with Gasteiger partial charge in [0.15, 0.2) is 0 Å². The third-order valence-electron chi connectivity index (χ3n) is 13.1. The number of aryl methyl sites for hydroxylation is 2. The molecule has 0 radical (unpaired) electrons. The van der Waals surface area contributed by atoms with E-state index in [1.165, 1.54) is 88.6 Å². The Morgan fingerprint density at radius 1 is 0.464 bits per heavy atom. The van der Waals surface area contributed by atoms with Crippen LogP contribution in [-0.2, 0) is 34.6 Å². The molecule has 2 unspecified atom stereocenters. The van der Waals surface area contributed by atoms with Crippen molar-refractivity contribution in [2.45, 2.75) is 86.3 Å². The zero-order valence-electron chi connectivity index (χ0n) is 33.8. The van der Waals surface area contributed by atoms with Crippen molar-refractivity contribution < 1.29 is 21.8 Å². The molecule has 279 valence electrons. The Hall–Kier alpha value is -4.10. The van der Waals surface area contributed by atoms with Crippen molar-refractivity contribution in [3.8, 4) is 33.4 Å². The molecule has 0 saturated carbocycles. The van der Waals surface area contributed by atoms with E-state index in [0.717, 1.165) is 12.8 Å². The van der Waals surface area contributed by atoms with E-state index in [9.17, 15) is 0 Å². The topological polar surface area (TPSA) is 0 Å². The van der Waals surface area contributed by atoms with E-state index in [2.05, 4.69) is 167 Å². The molecule has 9 rings (SSSR count). The fourth-order valence-corrected chi connectivity index (χ4v) is 24.4. The maximum absolute atomic E-state index is 2.84. The molecule has 0 amide bonds. The second kappa shape index (κ2) is 16.4. The number of hydrogen-bond acceptors (Lipinski definition) is 0. The summed E-state index contributed by atoms with van der Waals surface area (Å²) in [6, 6.07) is 50.1. The van der Waals surface area contributed by atoms with E-state index >= 15 is 0 Å². The number of rotatable bonds is 13. The van der Waals surface area contributed by atoms with Gasteiger partial charge in [0.2, 0.25) is 0 Å². The Kier molecular flexibility index (Phi) is 11.0. The van der Waals surface area contributed by atoms with E-state index in [1.807, 2.05) is 3.27 Å². The van der Waals surface area contributed by atoms with Gasteiger partial charge in [-0.25, -0.2) is 0 Å². The van der Waals surface area contributed by atoms with Gasteiger partial charge in [0.05, 0.1) is 0 Å². The van der Waals surface area contributed by atoms with E-state index in [1.54, 1.807) is 38.2 Å². The van der Waals surface area contributed by atoms with Crippen LogP contribution >= 0.6 is 0 Å². The predicted molar refractivity (Wildman–Crippen MR) is 242 cm³/mol. The summed E-state index contributed by atoms with van der Waals surface area (Å²) in [5, 5.41) is 3.41. The fourth-order valence-electron chi connectivity index (χ4n) is 10.4. The molecule has 2 atom stereocenters. The molecule has 2 heteroatoms. The van der Waals surface area contributed by atoms with Crippen molar-refractivity contribution in [3.63, 3.8) is 0 Å². The van der Waals surface area contributed by atoms with Gasteiger partial charge in [-0.1, -0.05) is 0 Å². The Labute approximate surface area is 346 Å². The molecular formula is C54H55SiZr. The van der Waals surface area contributed by atoms with Crippen LogP contribution in [-0.4, -0.2) is 9.52 Å². The fraction of sp³-hybridized carbons (Fsp3) is 0.259. The van der Waals surface area contributed by atoms with E-state index in [4.69, 9.17) is 0 Å². The number of unbranched alkanes of at least 4 members (excludes halogenated alkanes) is 2. The molecule has 1 aliphatic heterocycles. The molecular weight excluding hydrogens is 768 g/mol. The molecule has 0 N–H and O–H groups in total. The Morgan fingerprint density at radius 3 is 1.46 bits per heavy atom. The van der Waals surface area contributed by atoms with Crippen LogP contribution in [0.3, 0.4) is 0 Å². The first-order chi connectivity index (χ1) is 27.6. The third-order valence-corrected chi connectivity index (χ3v) is 25.2. The van der Waals surface area contributed by atoms with Crippen LogP contribution in [0.4, 0.5) is 0 Å². The average molecular weight is 823 g/mol. The van der Waals surface area contributed by atoms with Crippen LogP contribution < -0.4 is 13.6 Å². The zero-order valence-corrected chi connectivity index (χ0v) is 37.7. The summed E-state index contributed by atoms with van der Waals surface area (Å²) < 4.78 is 2.82. The number of hydrogen-bond donors (Lipinski definition) is 0. The van der Waals surface area contributed by atoms with Crippen LogP contribution in [0, 0.1) is 0 Å². The van der Waals surface area contributed by atoms with Crippen LogP contribution in [0.2, 0.25) is 0 Å². The van der Waals surface area contributed by atoms with Gasteiger partial charge in [0.25, 0.3) is 0 Å². The van der Waals surface area contributed by atoms with E-state index in [-0.39, 0.29) is 0 Å². The number of allylic oxidation sites excluding steroid dienone is 2. The van der Waals surface area contributed by atoms with Gasteiger partial charge in [-0.05, 0) is 0 Å². The quantitative estimate of drug-likeness (QED) is 0.102. The van der Waals surface area contributed by atoms with Crippen LogP contribution in [0.15, 0.2) is 139 Å². The normalized spacial score (nSPS) is 16.6. The minimum atomic E-state index is -2.84. The summed E-state index contributed by atoms with van der Waals surface area (Å²) in [5.74, 6) is 0. The Balaban J connectivity index is 1.31. The third kappa shape index (κ3) is 6.56. The van der Waals surface area contributed by atoms with Crippen molar-refractivity contribution in [1.29, 1.82) is 0 Å². The molecule has 0 fully saturated rings. The van der Waals surface area contributed by atoms with Gasteiger partial charge in [0.1, 0.15) is 0 Å². The van der Waals surface area contributed by atoms with Crippen LogP contribution in [0.25, 0.3) is 45.5 Å². The summed E-state index contributed by atoms with van der Waals surface area (Å²) in [7, 11) is -0.608. The molecule has 0 nitrogen and oxygen atoms in total. The van der Waals surface area contributed by atoms with Crippen LogP contribution in [0.1, 0.15) is 107 Å². The van der Waals surface area contributed by atoms with E-state index < -0.39 is 31.3 Å². The Morgan fingerprint density at radius 2 is 0.929 bits per heavy atom. The molecule has 6 aromatic rings. The molecule has 56 heavy (non-hydrogen) atoms. The SMILES string of the molecule is CCCCC1=Cc2c(-c3ccccc3CC)cccc2[CH]1[Zr]([c]1cccc2c1[SiH2]c1ccccc1-2)[CH]1C(CCCC)=Cc2c(-c3ccccc3CC)cccc21. The first kappa shape index (κ1) is 37.5. The zero-order chi connectivity index (χ0) is 38.2. The minimum absolute atomic E-state index is 0.504. The van der Waals surface area contributed by atoms with Gasteiger partial charge in [-0.2, -0.15) is 0 Å². The average Bonchev–Trinajstić information content (AvgIpc) is 3.94. The molecule has 1 heterocycles. The monoisotopic (exact) mass is 821 g/mol. The number of benzene rings is 6. The first-order valence-corrected chi connectivity index (χ1v) is 27.0. The molecule has 2 aliphatic carbocycles. The van der Waals surface area contributed by atoms with Crippen molar-refractivity contribution >= 4 is 35.3 Å². The second-order valence-corrected chi connectivity index (χ2v) is 24.5. The van der Waals surface area contributed by atoms with Gasteiger partial charge in [-0.3, -0.25) is 0 Å². The first-order valence-electron chi connectivity index (χ1n) is 21.6. The van der Waals surface area contributed by atoms with Crippen molar-refractivity contribution in [2.24, 2.45) is 0 Å². The molecule has 3 aliphatic rings.